The average Bonchev–Trinajstić information content (AvgIpc) is 2.06. The molecule has 0 atom stereocenters. The van der Waals surface area contributed by atoms with E-state index in [0.29, 0.717) is 6.54 Å². The van der Waals surface area contributed by atoms with Gasteiger partial charge in [0.05, 0.1) is 0 Å². The van der Waals surface area contributed by atoms with Gasteiger partial charge < -0.3 is 5.32 Å². The summed E-state index contributed by atoms with van der Waals surface area (Å²) in [4.78, 5) is 11.0. The quantitative estimate of drug-likeness (QED) is 0.649. The maximum Gasteiger partial charge on any atom is 0.271 e. The molecule has 61 valence electrons. The highest BCUT2D eigenvalue weighted by Gasteiger charge is 2.02. The van der Waals surface area contributed by atoms with Gasteiger partial charge in [0.15, 0.2) is 5.81 Å². The fourth-order valence-electron chi connectivity index (χ4n) is 0.926. The van der Waals surface area contributed by atoms with E-state index in [9.17, 15) is 4.79 Å². The van der Waals surface area contributed by atoms with E-state index in [4.69, 9.17) is 0 Å². The summed E-state index contributed by atoms with van der Waals surface area (Å²) < 4.78 is 0. The molecule has 0 heterocycles. The summed E-state index contributed by atoms with van der Waals surface area (Å²) in [6.45, 7) is 2.57. The van der Waals surface area contributed by atoms with E-state index in [1.807, 2.05) is 37.3 Å². The highest BCUT2D eigenvalue weighted by atomic mass is 16.1. The van der Waals surface area contributed by atoms with Crippen LogP contribution in [0.4, 0.5) is 4.79 Å². The zero-order valence-electron chi connectivity index (χ0n) is 7.08. The van der Waals surface area contributed by atoms with Crippen molar-refractivity contribution in [3.8, 4) is 0 Å². The molecule has 0 aliphatic heterocycles. The third-order valence-electron chi connectivity index (χ3n) is 1.45. The van der Waals surface area contributed by atoms with E-state index < -0.39 is 0 Å². The molecule has 0 aromatic heterocycles. The molecular weight excluding hydrogens is 149 g/mol. The van der Waals surface area contributed by atoms with Gasteiger partial charge in [0, 0.05) is 6.54 Å². The fraction of sp³-hybridized carbons (Fsp3) is 0.222. The molecule has 3 heteroatoms. The Kier molecular flexibility index (Phi) is 3.39. The Morgan fingerprint density at radius 2 is 2.08 bits per heavy atom. The molecule has 0 unspecified atom stereocenters. The van der Waals surface area contributed by atoms with Crippen LogP contribution in [0.15, 0.2) is 30.3 Å². The minimum Gasteiger partial charge on any atom is -0.365 e. The zero-order chi connectivity index (χ0) is 8.81. The SMILES string of the molecule is CCNC(=O)[B]c1ccccc1. The van der Waals surface area contributed by atoms with Crippen LogP contribution in [0.2, 0.25) is 0 Å². The van der Waals surface area contributed by atoms with E-state index in [-0.39, 0.29) is 5.81 Å². The Morgan fingerprint density at radius 1 is 1.42 bits per heavy atom. The molecule has 0 saturated heterocycles. The largest absolute Gasteiger partial charge is 0.365 e. The van der Waals surface area contributed by atoms with Gasteiger partial charge >= 0.3 is 0 Å². The van der Waals surface area contributed by atoms with E-state index in [0.717, 1.165) is 5.46 Å². The van der Waals surface area contributed by atoms with Gasteiger partial charge in [-0.25, -0.2) is 0 Å². The number of carbonyl (C=O) groups excluding carboxylic acids is 1. The van der Waals surface area contributed by atoms with E-state index >= 15 is 0 Å². The number of carbonyl (C=O) groups is 1. The molecule has 0 spiro atoms. The standard InChI is InChI=1S/C9H11BNO/c1-2-11-9(12)10-8-6-4-3-5-7-8/h3-7H,2H2,1H3,(H,11,12). The van der Waals surface area contributed by atoms with Crippen LogP contribution in [0.5, 0.6) is 0 Å². The van der Waals surface area contributed by atoms with E-state index in [1.54, 1.807) is 7.28 Å². The van der Waals surface area contributed by atoms with Gasteiger partial charge in [0.25, 0.3) is 7.28 Å². The topological polar surface area (TPSA) is 29.1 Å². The molecule has 1 aromatic carbocycles. The van der Waals surface area contributed by atoms with Crippen molar-refractivity contribution in [2.45, 2.75) is 6.92 Å². The first-order chi connectivity index (χ1) is 5.83. The maximum atomic E-state index is 11.0. The molecule has 1 aromatic rings. The summed E-state index contributed by atoms with van der Waals surface area (Å²) in [6, 6.07) is 9.54. The summed E-state index contributed by atoms with van der Waals surface area (Å²) in [5, 5.41) is 2.70. The molecule has 0 fully saturated rings. The molecule has 12 heavy (non-hydrogen) atoms. The number of amides is 1. The molecule has 0 saturated carbocycles. The predicted octanol–water partition coefficient (Wildman–Crippen LogP) is 0.746. The molecule has 0 bridgehead atoms. The molecule has 1 N–H and O–H groups in total. The second kappa shape index (κ2) is 4.60. The lowest BCUT2D eigenvalue weighted by molar-refractivity contribution is 0.260. The Balaban J connectivity index is 2.47. The van der Waals surface area contributed by atoms with Gasteiger partial charge in [-0.3, -0.25) is 4.79 Å². The normalized spacial score (nSPS) is 9.08. The average molecular weight is 160 g/mol. The third-order valence-corrected chi connectivity index (χ3v) is 1.45. The van der Waals surface area contributed by atoms with Crippen molar-refractivity contribution in [3.05, 3.63) is 30.3 Å². The maximum absolute atomic E-state index is 11.0. The summed E-state index contributed by atoms with van der Waals surface area (Å²) in [7, 11) is 1.59. The third kappa shape index (κ3) is 2.78. The minimum atomic E-state index is -0.0382. The number of rotatable bonds is 3. The number of benzene rings is 1. The first kappa shape index (κ1) is 8.85. The fourth-order valence-corrected chi connectivity index (χ4v) is 0.926. The van der Waals surface area contributed by atoms with Crippen LogP contribution in [-0.4, -0.2) is 19.6 Å². The number of hydrogen-bond acceptors (Lipinski definition) is 1. The lowest BCUT2D eigenvalue weighted by atomic mass is 9.69. The van der Waals surface area contributed by atoms with Crippen LogP contribution in [0, 0.1) is 0 Å². The summed E-state index contributed by atoms with van der Waals surface area (Å²) in [5.41, 5.74) is 0.934. The molecule has 2 nitrogen and oxygen atoms in total. The lowest BCUT2D eigenvalue weighted by Gasteiger charge is -1.99. The van der Waals surface area contributed by atoms with E-state index in [1.165, 1.54) is 0 Å². The van der Waals surface area contributed by atoms with Gasteiger partial charge in [-0.15, -0.1) is 0 Å². The Morgan fingerprint density at radius 3 is 2.67 bits per heavy atom. The number of nitrogens with one attached hydrogen (secondary N) is 1. The van der Waals surface area contributed by atoms with E-state index in [2.05, 4.69) is 5.32 Å². The van der Waals surface area contributed by atoms with Gasteiger partial charge in [-0.2, -0.15) is 0 Å². The number of hydrogen-bond donors (Lipinski definition) is 1. The Labute approximate surface area is 73.2 Å². The van der Waals surface area contributed by atoms with Crippen molar-refractivity contribution in [1.29, 1.82) is 0 Å². The lowest BCUT2D eigenvalue weighted by Crippen LogP contribution is -2.33. The van der Waals surface area contributed by atoms with Crippen LogP contribution in [0.1, 0.15) is 6.92 Å². The Bertz CT molecular complexity index is 248. The van der Waals surface area contributed by atoms with Crippen molar-refractivity contribution >= 4 is 18.5 Å². The summed E-state index contributed by atoms with van der Waals surface area (Å²) in [5.74, 6) is -0.0382. The second-order valence-corrected chi connectivity index (χ2v) is 2.45. The minimum absolute atomic E-state index is 0.0382. The summed E-state index contributed by atoms with van der Waals surface area (Å²) in [6.07, 6.45) is 0. The van der Waals surface area contributed by atoms with Crippen LogP contribution >= 0.6 is 0 Å². The van der Waals surface area contributed by atoms with Crippen molar-refractivity contribution in [1.82, 2.24) is 5.32 Å². The first-order valence-corrected chi connectivity index (χ1v) is 4.00. The second-order valence-electron chi connectivity index (χ2n) is 2.45. The van der Waals surface area contributed by atoms with Crippen LogP contribution in [0.25, 0.3) is 0 Å². The summed E-state index contributed by atoms with van der Waals surface area (Å²) >= 11 is 0. The smallest absolute Gasteiger partial charge is 0.271 e. The van der Waals surface area contributed by atoms with Gasteiger partial charge in [-0.05, 0) is 6.92 Å². The molecule has 1 radical (unpaired) electrons. The zero-order valence-corrected chi connectivity index (χ0v) is 7.08. The molecule has 1 rings (SSSR count). The highest BCUT2D eigenvalue weighted by molar-refractivity contribution is 6.83. The van der Waals surface area contributed by atoms with Crippen LogP contribution in [0.3, 0.4) is 0 Å². The molecular formula is C9H11BNO. The monoisotopic (exact) mass is 160 g/mol. The first-order valence-electron chi connectivity index (χ1n) is 4.00. The van der Waals surface area contributed by atoms with Gasteiger partial charge in [0.2, 0.25) is 0 Å². The highest BCUT2D eigenvalue weighted by Crippen LogP contribution is 1.81. The van der Waals surface area contributed by atoms with Crippen LogP contribution in [-0.2, 0) is 0 Å². The van der Waals surface area contributed by atoms with Crippen molar-refractivity contribution in [2.75, 3.05) is 6.54 Å². The molecule has 0 aliphatic carbocycles. The van der Waals surface area contributed by atoms with Crippen LogP contribution < -0.4 is 10.8 Å². The van der Waals surface area contributed by atoms with Crippen molar-refractivity contribution < 1.29 is 4.79 Å². The van der Waals surface area contributed by atoms with Gasteiger partial charge in [0.1, 0.15) is 0 Å². The van der Waals surface area contributed by atoms with Crippen molar-refractivity contribution in [2.24, 2.45) is 0 Å². The molecule has 1 amide bonds. The Hall–Kier alpha value is -1.25. The van der Waals surface area contributed by atoms with Crippen molar-refractivity contribution in [3.63, 3.8) is 0 Å². The predicted molar refractivity (Wildman–Crippen MR) is 50.9 cm³/mol. The molecule has 0 aliphatic rings. The van der Waals surface area contributed by atoms with Gasteiger partial charge in [-0.1, -0.05) is 35.8 Å².